The average Bonchev–Trinajstić information content (AvgIpc) is 3.01. The summed E-state index contributed by atoms with van der Waals surface area (Å²) in [4.78, 5) is 21.5. The van der Waals surface area contributed by atoms with Crippen LogP contribution in [0.4, 0.5) is 14.7 Å². The Balaban J connectivity index is 2.22. The van der Waals surface area contributed by atoms with E-state index in [1.54, 1.807) is 0 Å². The predicted octanol–water partition coefficient (Wildman–Crippen LogP) is -0.856. The Morgan fingerprint density at radius 2 is 2.30 bits per heavy atom. The molecule has 5 N–H and O–H groups in total. The number of halogens is 2. The van der Waals surface area contributed by atoms with Crippen LogP contribution in [0.15, 0.2) is 23.8 Å². The second-order valence-electron chi connectivity index (χ2n) is 5.12. The highest BCUT2D eigenvalue weighted by molar-refractivity contribution is 5.70. The number of ether oxygens (including phenoxy) is 1. The van der Waals surface area contributed by atoms with Gasteiger partial charge in [0.1, 0.15) is 6.61 Å². The van der Waals surface area contributed by atoms with Crippen molar-refractivity contribution < 1.29 is 23.7 Å². The van der Waals surface area contributed by atoms with Crippen LogP contribution in [0, 0.1) is 0 Å². The van der Waals surface area contributed by atoms with Crippen molar-refractivity contribution >= 4 is 17.1 Å². The number of aliphatic hydroxyl groups excluding tert-OH is 2. The summed E-state index contributed by atoms with van der Waals surface area (Å²) in [5.74, 6) is -3.32. The first kappa shape index (κ1) is 15.5. The van der Waals surface area contributed by atoms with E-state index in [0.29, 0.717) is 6.08 Å². The number of aromatic nitrogens is 4. The molecule has 4 atom stereocenters. The van der Waals surface area contributed by atoms with Crippen molar-refractivity contribution in [3.8, 4) is 0 Å². The third-order valence-corrected chi connectivity index (χ3v) is 3.75. The molecular weight excluding hydrogens is 316 g/mol. The molecule has 124 valence electrons. The molecule has 3 heterocycles. The van der Waals surface area contributed by atoms with E-state index in [-0.39, 0.29) is 17.1 Å². The van der Waals surface area contributed by atoms with Gasteiger partial charge in [-0.05, 0) is 6.08 Å². The van der Waals surface area contributed by atoms with E-state index in [4.69, 9.17) is 15.6 Å². The first-order valence-electron chi connectivity index (χ1n) is 6.47. The molecule has 2 aromatic rings. The number of fused-ring (bicyclic) bond motifs is 1. The quantitative estimate of drug-likeness (QED) is 0.537. The number of imidazole rings is 1. The fourth-order valence-corrected chi connectivity index (χ4v) is 2.53. The summed E-state index contributed by atoms with van der Waals surface area (Å²) in [7, 11) is 0. The molecule has 1 aliphatic rings. The Kier molecular flexibility index (Phi) is 3.25. The summed E-state index contributed by atoms with van der Waals surface area (Å²) in [6, 6.07) is 0. The molecule has 4 unspecified atom stereocenters. The summed E-state index contributed by atoms with van der Waals surface area (Å²) in [6.45, 7) is 1.95. The van der Waals surface area contributed by atoms with E-state index in [2.05, 4.69) is 21.5 Å². The third-order valence-electron chi connectivity index (χ3n) is 3.75. The largest absolute Gasteiger partial charge is 0.390 e. The van der Waals surface area contributed by atoms with Crippen molar-refractivity contribution in [3.63, 3.8) is 0 Å². The Bertz CT molecular complexity index is 838. The van der Waals surface area contributed by atoms with Gasteiger partial charge in [0.25, 0.3) is 11.4 Å². The number of nitrogens with zero attached hydrogens (tertiary/aromatic N) is 3. The molecule has 23 heavy (non-hydrogen) atoms. The minimum Gasteiger partial charge on any atom is -0.390 e. The minimum atomic E-state index is -3.06. The Morgan fingerprint density at radius 3 is 2.91 bits per heavy atom. The van der Waals surface area contributed by atoms with Crippen LogP contribution in [-0.4, -0.2) is 54.0 Å². The lowest BCUT2D eigenvalue weighted by Gasteiger charge is -2.25. The molecule has 0 amide bonds. The van der Waals surface area contributed by atoms with Gasteiger partial charge in [-0.3, -0.25) is 14.3 Å². The number of nitrogens with one attached hydrogen (secondary N) is 1. The molecule has 0 bridgehead atoms. The van der Waals surface area contributed by atoms with E-state index in [1.807, 2.05) is 0 Å². The number of nitrogen functional groups attached to an aromatic ring is 1. The van der Waals surface area contributed by atoms with Crippen molar-refractivity contribution in [2.75, 3.05) is 12.3 Å². The molecule has 9 nitrogen and oxygen atoms in total. The van der Waals surface area contributed by atoms with Gasteiger partial charge in [0.15, 0.2) is 23.5 Å². The monoisotopic (exact) mass is 329 g/mol. The zero-order valence-electron chi connectivity index (χ0n) is 11.6. The van der Waals surface area contributed by atoms with E-state index >= 15 is 4.39 Å². The number of hydrogen-bond donors (Lipinski definition) is 4. The van der Waals surface area contributed by atoms with Gasteiger partial charge in [-0.15, -0.1) is 0 Å². The second-order valence-corrected chi connectivity index (χ2v) is 5.12. The molecule has 0 aromatic carbocycles. The summed E-state index contributed by atoms with van der Waals surface area (Å²) in [5.41, 5.74) is 1.60. The summed E-state index contributed by atoms with van der Waals surface area (Å²) >= 11 is 0. The highest BCUT2D eigenvalue weighted by Gasteiger charge is 2.65. The number of alkyl halides is 2. The highest BCUT2D eigenvalue weighted by Crippen LogP contribution is 2.48. The van der Waals surface area contributed by atoms with Crippen molar-refractivity contribution in [1.82, 2.24) is 19.5 Å². The number of aromatic amines is 1. The first-order valence-corrected chi connectivity index (χ1v) is 6.47. The van der Waals surface area contributed by atoms with Gasteiger partial charge in [0, 0.05) is 0 Å². The van der Waals surface area contributed by atoms with Crippen LogP contribution in [0.25, 0.3) is 11.2 Å². The van der Waals surface area contributed by atoms with Gasteiger partial charge >= 0.3 is 0 Å². The van der Waals surface area contributed by atoms with Crippen LogP contribution in [0.1, 0.15) is 6.23 Å². The lowest BCUT2D eigenvalue weighted by atomic mass is 9.95. The Morgan fingerprint density at radius 1 is 1.61 bits per heavy atom. The number of rotatable bonds is 3. The number of anilines is 1. The van der Waals surface area contributed by atoms with Gasteiger partial charge in [0.2, 0.25) is 11.6 Å². The van der Waals surface area contributed by atoms with Crippen molar-refractivity contribution in [3.05, 3.63) is 29.3 Å². The molecule has 2 aromatic heterocycles. The highest BCUT2D eigenvalue weighted by atomic mass is 19.2. The standard InChI is InChI=1S/C12H13F2N5O4/c1-2-11(13)8(22)12(14,3-20)23-9(11)19-4-16-5-6(19)17-10(15)18-7(5)21/h2,4,8-9,20,22H,1,3H2,(H3,15,17,18,21). The van der Waals surface area contributed by atoms with Crippen LogP contribution in [-0.2, 0) is 4.74 Å². The molecule has 11 heteroatoms. The minimum absolute atomic E-state index is 0.172. The van der Waals surface area contributed by atoms with Crippen LogP contribution in [0.2, 0.25) is 0 Å². The van der Waals surface area contributed by atoms with E-state index in [0.717, 1.165) is 10.9 Å². The van der Waals surface area contributed by atoms with Crippen molar-refractivity contribution in [2.45, 2.75) is 23.9 Å². The lowest BCUT2D eigenvalue weighted by molar-refractivity contribution is -0.206. The smallest absolute Gasteiger partial charge is 0.280 e. The number of hydrogen-bond acceptors (Lipinski definition) is 7. The zero-order chi connectivity index (χ0) is 17.0. The van der Waals surface area contributed by atoms with Gasteiger partial charge < -0.3 is 20.7 Å². The number of aliphatic hydroxyl groups is 2. The van der Waals surface area contributed by atoms with Gasteiger partial charge in [-0.25, -0.2) is 13.8 Å². The van der Waals surface area contributed by atoms with E-state index < -0.39 is 36.0 Å². The number of nitrogens with two attached hydrogens (primary N) is 1. The Hall–Kier alpha value is -2.37. The van der Waals surface area contributed by atoms with Crippen LogP contribution < -0.4 is 11.3 Å². The van der Waals surface area contributed by atoms with E-state index in [9.17, 15) is 14.3 Å². The molecule has 1 fully saturated rings. The normalized spacial score (nSPS) is 34.1. The van der Waals surface area contributed by atoms with Gasteiger partial charge in [0.05, 0.1) is 6.33 Å². The summed E-state index contributed by atoms with van der Waals surface area (Å²) < 4.78 is 35.2. The van der Waals surface area contributed by atoms with Gasteiger partial charge in [-0.2, -0.15) is 4.98 Å². The second kappa shape index (κ2) is 4.81. The average molecular weight is 329 g/mol. The molecular formula is C12H13F2N5O4. The van der Waals surface area contributed by atoms with Crippen LogP contribution in [0.5, 0.6) is 0 Å². The molecule has 1 aliphatic heterocycles. The number of H-pyrrole nitrogens is 1. The molecule has 3 rings (SSSR count). The molecule has 0 saturated carbocycles. The molecule has 0 aliphatic carbocycles. The topological polar surface area (TPSA) is 139 Å². The predicted molar refractivity (Wildman–Crippen MR) is 73.7 cm³/mol. The summed E-state index contributed by atoms with van der Waals surface area (Å²) in [6.07, 6.45) is -2.50. The molecule has 0 radical (unpaired) electrons. The first-order chi connectivity index (χ1) is 10.8. The molecule has 1 saturated heterocycles. The van der Waals surface area contributed by atoms with Crippen LogP contribution >= 0.6 is 0 Å². The fraction of sp³-hybridized carbons (Fsp3) is 0.417. The lowest BCUT2D eigenvalue weighted by Crippen LogP contribution is -2.46. The van der Waals surface area contributed by atoms with Crippen LogP contribution in [0.3, 0.4) is 0 Å². The maximum atomic E-state index is 15.0. The zero-order valence-corrected chi connectivity index (χ0v) is 11.6. The maximum Gasteiger partial charge on any atom is 0.280 e. The Labute approximate surface area is 127 Å². The molecule has 0 spiro atoms. The van der Waals surface area contributed by atoms with Crippen molar-refractivity contribution in [2.24, 2.45) is 0 Å². The van der Waals surface area contributed by atoms with Crippen molar-refractivity contribution in [1.29, 1.82) is 0 Å². The SMILES string of the molecule is C=CC1(F)C(n2cnc3c(=O)[nH]c(N)nc32)OC(F)(CO)C1O. The van der Waals surface area contributed by atoms with E-state index in [1.165, 1.54) is 0 Å². The third kappa shape index (κ3) is 1.97. The van der Waals surface area contributed by atoms with Gasteiger partial charge in [-0.1, -0.05) is 6.58 Å². The summed E-state index contributed by atoms with van der Waals surface area (Å²) in [5, 5.41) is 18.9. The maximum absolute atomic E-state index is 15.0. The fourth-order valence-electron chi connectivity index (χ4n) is 2.53.